The lowest BCUT2D eigenvalue weighted by Gasteiger charge is -2.33. The van der Waals surface area contributed by atoms with E-state index >= 15 is 0 Å². The van der Waals surface area contributed by atoms with Gasteiger partial charge in [-0.1, -0.05) is 24.3 Å². The largest absolute Gasteiger partial charge is 0.479 e. The van der Waals surface area contributed by atoms with Crippen molar-refractivity contribution < 1.29 is 24.2 Å². The fourth-order valence-corrected chi connectivity index (χ4v) is 2.96. The lowest BCUT2D eigenvalue weighted by molar-refractivity contribution is -0.160. The monoisotopic (exact) mass is 305 g/mol. The summed E-state index contributed by atoms with van der Waals surface area (Å²) in [6.45, 7) is 1.39. The van der Waals surface area contributed by atoms with Crippen LogP contribution >= 0.6 is 0 Å². The van der Waals surface area contributed by atoms with E-state index in [0.717, 1.165) is 12.0 Å². The molecule has 2 atom stereocenters. The Kier molecular flexibility index (Phi) is 4.40. The van der Waals surface area contributed by atoms with Crippen molar-refractivity contribution in [2.24, 2.45) is 0 Å². The summed E-state index contributed by atoms with van der Waals surface area (Å²) < 4.78 is 10.9. The number of amides is 1. The Hall–Kier alpha value is -1.92. The molecule has 6 nitrogen and oxygen atoms in total. The second kappa shape index (κ2) is 6.46. The summed E-state index contributed by atoms with van der Waals surface area (Å²) in [6.07, 6.45) is -0.0797. The van der Waals surface area contributed by atoms with E-state index in [2.05, 4.69) is 6.07 Å². The Balaban J connectivity index is 1.66. The molecule has 1 N–H and O–H groups in total. The van der Waals surface area contributed by atoms with Gasteiger partial charge in [0.05, 0.1) is 32.3 Å². The molecule has 2 aliphatic rings. The minimum Gasteiger partial charge on any atom is -0.479 e. The number of nitrogens with zero attached hydrogens (tertiary/aromatic N) is 1. The van der Waals surface area contributed by atoms with Crippen LogP contribution in [0.2, 0.25) is 0 Å². The summed E-state index contributed by atoms with van der Waals surface area (Å²) in [5, 5.41) is 9.00. The van der Waals surface area contributed by atoms with Crippen LogP contribution in [0.1, 0.15) is 23.7 Å². The van der Waals surface area contributed by atoms with Gasteiger partial charge in [-0.3, -0.25) is 4.79 Å². The molecule has 0 bridgehead atoms. The Morgan fingerprint density at radius 2 is 2.05 bits per heavy atom. The normalized spacial score (nSPS) is 24.6. The molecule has 0 aromatic heterocycles. The number of carboxylic acid groups (broad SMARTS) is 1. The summed E-state index contributed by atoms with van der Waals surface area (Å²) in [7, 11) is 0. The van der Waals surface area contributed by atoms with Crippen LogP contribution in [0.5, 0.6) is 0 Å². The molecular weight excluding hydrogens is 286 g/mol. The standard InChI is InChI=1S/C16H19NO5/c18-15(17-6-8-22-14(10-17)16(19)20)9-13-12-4-2-1-3-11(12)5-7-21-13/h1-4,13-14H,5-10H2,(H,19,20)/t13-,14-/m1/s1. The third kappa shape index (κ3) is 3.13. The number of hydrogen-bond donors (Lipinski definition) is 1. The number of aliphatic carboxylic acids is 1. The molecular formula is C16H19NO5. The zero-order chi connectivity index (χ0) is 15.5. The molecule has 2 heterocycles. The van der Waals surface area contributed by atoms with Crippen molar-refractivity contribution in [2.45, 2.75) is 25.0 Å². The fourth-order valence-electron chi connectivity index (χ4n) is 2.96. The van der Waals surface area contributed by atoms with Crippen molar-refractivity contribution in [1.82, 2.24) is 4.90 Å². The second-order valence-electron chi connectivity index (χ2n) is 5.55. The highest BCUT2D eigenvalue weighted by Crippen LogP contribution is 2.30. The number of rotatable bonds is 3. The molecule has 1 amide bonds. The number of hydrogen-bond acceptors (Lipinski definition) is 4. The van der Waals surface area contributed by atoms with Gasteiger partial charge in [0.2, 0.25) is 5.91 Å². The zero-order valence-corrected chi connectivity index (χ0v) is 12.2. The summed E-state index contributed by atoms with van der Waals surface area (Å²) in [6, 6.07) is 7.99. The maximum absolute atomic E-state index is 12.4. The van der Waals surface area contributed by atoms with Crippen LogP contribution in [0, 0.1) is 0 Å². The molecule has 1 fully saturated rings. The first-order valence-corrected chi connectivity index (χ1v) is 7.46. The topological polar surface area (TPSA) is 76.1 Å². The average molecular weight is 305 g/mol. The van der Waals surface area contributed by atoms with E-state index in [9.17, 15) is 9.59 Å². The van der Waals surface area contributed by atoms with E-state index in [-0.39, 0.29) is 31.6 Å². The lowest BCUT2D eigenvalue weighted by atomic mass is 9.95. The minimum atomic E-state index is -1.03. The molecule has 0 saturated carbocycles. The summed E-state index contributed by atoms with van der Waals surface area (Å²) >= 11 is 0. The molecule has 2 aliphatic heterocycles. The predicted octanol–water partition coefficient (Wildman–Crippen LogP) is 1.00. The number of fused-ring (bicyclic) bond motifs is 1. The van der Waals surface area contributed by atoms with Gasteiger partial charge < -0.3 is 19.5 Å². The van der Waals surface area contributed by atoms with Gasteiger partial charge in [0, 0.05) is 6.54 Å². The first-order valence-electron chi connectivity index (χ1n) is 7.46. The van der Waals surface area contributed by atoms with Gasteiger partial charge in [0.25, 0.3) is 0 Å². The fraction of sp³-hybridized carbons (Fsp3) is 0.500. The van der Waals surface area contributed by atoms with E-state index in [1.807, 2.05) is 18.2 Å². The molecule has 0 aliphatic carbocycles. The van der Waals surface area contributed by atoms with Gasteiger partial charge in [-0.25, -0.2) is 4.79 Å². The van der Waals surface area contributed by atoms with Crippen molar-refractivity contribution in [1.29, 1.82) is 0 Å². The van der Waals surface area contributed by atoms with E-state index < -0.39 is 12.1 Å². The van der Waals surface area contributed by atoms with Crippen LogP contribution in [-0.4, -0.2) is 54.3 Å². The van der Waals surface area contributed by atoms with Crippen molar-refractivity contribution >= 4 is 11.9 Å². The molecule has 1 saturated heterocycles. The van der Waals surface area contributed by atoms with Gasteiger partial charge in [0.15, 0.2) is 6.10 Å². The molecule has 22 heavy (non-hydrogen) atoms. The van der Waals surface area contributed by atoms with Crippen molar-refractivity contribution in [3.8, 4) is 0 Å². The number of ether oxygens (including phenoxy) is 2. The predicted molar refractivity (Wildman–Crippen MR) is 77.4 cm³/mol. The van der Waals surface area contributed by atoms with Crippen LogP contribution in [0.4, 0.5) is 0 Å². The van der Waals surface area contributed by atoms with E-state index in [0.29, 0.717) is 13.2 Å². The molecule has 1 aromatic rings. The number of carboxylic acids is 1. The van der Waals surface area contributed by atoms with Crippen LogP contribution in [-0.2, 0) is 25.5 Å². The first-order chi connectivity index (χ1) is 10.6. The average Bonchev–Trinajstić information content (AvgIpc) is 2.55. The van der Waals surface area contributed by atoms with Crippen molar-refractivity contribution in [2.75, 3.05) is 26.3 Å². The van der Waals surface area contributed by atoms with Gasteiger partial charge in [-0.15, -0.1) is 0 Å². The lowest BCUT2D eigenvalue weighted by Crippen LogP contribution is -2.48. The Bertz CT molecular complexity index is 573. The summed E-state index contributed by atoms with van der Waals surface area (Å²) in [4.78, 5) is 25.0. The molecule has 0 spiro atoms. The molecule has 118 valence electrons. The number of benzene rings is 1. The maximum atomic E-state index is 12.4. The van der Waals surface area contributed by atoms with Gasteiger partial charge in [-0.05, 0) is 17.5 Å². The van der Waals surface area contributed by atoms with Crippen LogP contribution in [0.15, 0.2) is 24.3 Å². The van der Waals surface area contributed by atoms with E-state index in [1.165, 1.54) is 5.56 Å². The van der Waals surface area contributed by atoms with Crippen molar-refractivity contribution in [3.05, 3.63) is 35.4 Å². The summed E-state index contributed by atoms with van der Waals surface area (Å²) in [5.74, 6) is -1.12. The molecule has 0 unspecified atom stereocenters. The SMILES string of the molecule is O=C(O)[C@H]1CN(C(=O)C[C@H]2OCCc3ccccc32)CCO1. The molecule has 6 heteroatoms. The smallest absolute Gasteiger partial charge is 0.334 e. The summed E-state index contributed by atoms with van der Waals surface area (Å²) in [5.41, 5.74) is 2.28. The van der Waals surface area contributed by atoms with Crippen LogP contribution in [0.25, 0.3) is 0 Å². The van der Waals surface area contributed by atoms with Gasteiger partial charge in [-0.2, -0.15) is 0 Å². The third-order valence-corrected chi connectivity index (χ3v) is 4.15. The highest BCUT2D eigenvalue weighted by molar-refractivity contribution is 5.79. The quantitative estimate of drug-likeness (QED) is 0.901. The van der Waals surface area contributed by atoms with Gasteiger partial charge in [0.1, 0.15) is 0 Å². The van der Waals surface area contributed by atoms with Crippen LogP contribution in [0.3, 0.4) is 0 Å². The van der Waals surface area contributed by atoms with Crippen molar-refractivity contribution in [3.63, 3.8) is 0 Å². The minimum absolute atomic E-state index is 0.0868. The zero-order valence-electron chi connectivity index (χ0n) is 12.2. The molecule has 0 radical (unpaired) electrons. The van der Waals surface area contributed by atoms with E-state index in [4.69, 9.17) is 14.6 Å². The Labute approximate surface area is 128 Å². The van der Waals surface area contributed by atoms with Crippen LogP contribution < -0.4 is 0 Å². The van der Waals surface area contributed by atoms with E-state index in [1.54, 1.807) is 4.90 Å². The first kappa shape index (κ1) is 15.0. The number of morpholine rings is 1. The maximum Gasteiger partial charge on any atom is 0.334 e. The molecule has 3 rings (SSSR count). The highest BCUT2D eigenvalue weighted by Gasteiger charge is 2.31. The molecule has 1 aromatic carbocycles. The van der Waals surface area contributed by atoms with Gasteiger partial charge >= 0.3 is 5.97 Å². The number of carbonyl (C=O) groups excluding carboxylic acids is 1. The highest BCUT2D eigenvalue weighted by atomic mass is 16.5. The Morgan fingerprint density at radius 3 is 2.86 bits per heavy atom. The number of carbonyl (C=O) groups is 2. The Morgan fingerprint density at radius 1 is 1.23 bits per heavy atom. The third-order valence-electron chi connectivity index (χ3n) is 4.15. The second-order valence-corrected chi connectivity index (χ2v) is 5.55.